The van der Waals surface area contributed by atoms with E-state index < -0.39 is 0 Å². The Morgan fingerprint density at radius 2 is 1.72 bits per heavy atom. The third-order valence-electron chi connectivity index (χ3n) is 5.15. The Morgan fingerprint density at radius 3 is 2.41 bits per heavy atom. The van der Waals surface area contributed by atoms with E-state index in [0.717, 1.165) is 11.3 Å². The molecule has 0 unspecified atom stereocenters. The van der Waals surface area contributed by atoms with Crippen LogP contribution in [0.3, 0.4) is 0 Å². The van der Waals surface area contributed by atoms with Crippen LogP contribution in [0.2, 0.25) is 5.02 Å². The van der Waals surface area contributed by atoms with Crippen LogP contribution >= 0.6 is 11.6 Å². The van der Waals surface area contributed by atoms with Crippen LogP contribution in [0.4, 0.5) is 0 Å². The van der Waals surface area contributed by atoms with Gasteiger partial charge < -0.3 is 9.32 Å². The van der Waals surface area contributed by atoms with Gasteiger partial charge in [-0.2, -0.15) is 0 Å². The molecule has 0 saturated carbocycles. The van der Waals surface area contributed by atoms with E-state index in [9.17, 15) is 4.79 Å². The molecule has 0 bridgehead atoms. The Bertz CT molecular complexity index is 1240. The molecule has 0 spiro atoms. The molecule has 2 aromatic heterocycles. The molecule has 32 heavy (non-hydrogen) atoms. The molecule has 0 radical (unpaired) electrons. The molecule has 0 aliphatic heterocycles. The molecule has 0 N–H and O–H groups in total. The molecular formula is C25H23ClN4O2. The van der Waals surface area contributed by atoms with Crippen LogP contribution in [0.25, 0.3) is 22.7 Å². The van der Waals surface area contributed by atoms with Crippen molar-refractivity contribution in [1.29, 1.82) is 0 Å². The molecule has 7 heteroatoms. The number of carbonyl (C=O) groups is 1. The summed E-state index contributed by atoms with van der Waals surface area (Å²) < 4.78 is 5.81. The van der Waals surface area contributed by atoms with E-state index in [1.54, 1.807) is 11.0 Å². The van der Waals surface area contributed by atoms with Gasteiger partial charge in [-0.1, -0.05) is 54.1 Å². The number of aromatic nitrogens is 3. The van der Waals surface area contributed by atoms with E-state index >= 15 is 0 Å². The molecule has 2 aromatic carbocycles. The SMILES string of the molecule is Cc1nc(-c2ccccc2)ccc1C(=O)N(Cc1nnc(-c2ccccc2Cl)o1)C(C)C. The number of rotatable bonds is 6. The minimum atomic E-state index is -0.137. The number of aryl methyl sites for hydroxylation is 1. The lowest BCUT2D eigenvalue weighted by molar-refractivity contribution is 0.0671. The fourth-order valence-electron chi connectivity index (χ4n) is 3.41. The van der Waals surface area contributed by atoms with Crippen LogP contribution < -0.4 is 0 Å². The monoisotopic (exact) mass is 446 g/mol. The lowest BCUT2D eigenvalue weighted by Crippen LogP contribution is -2.37. The molecule has 0 fully saturated rings. The number of benzene rings is 2. The first-order chi connectivity index (χ1) is 15.4. The van der Waals surface area contributed by atoms with Crippen LogP contribution in [0.5, 0.6) is 0 Å². The van der Waals surface area contributed by atoms with E-state index in [0.29, 0.717) is 33.6 Å². The number of hydrogen-bond acceptors (Lipinski definition) is 5. The largest absolute Gasteiger partial charge is 0.419 e. The van der Waals surface area contributed by atoms with E-state index in [1.165, 1.54) is 0 Å². The average molecular weight is 447 g/mol. The number of halogens is 1. The van der Waals surface area contributed by atoms with Crippen LogP contribution in [-0.2, 0) is 6.54 Å². The van der Waals surface area contributed by atoms with Gasteiger partial charge in [0.1, 0.15) is 0 Å². The Balaban J connectivity index is 1.57. The smallest absolute Gasteiger partial charge is 0.256 e. The van der Waals surface area contributed by atoms with Gasteiger partial charge in [0.25, 0.3) is 5.91 Å². The first-order valence-electron chi connectivity index (χ1n) is 10.4. The van der Waals surface area contributed by atoms with Crippen molar-refractivity contribution < 1.29 is 9.21 Å². The standard InChI is InChI=1S/C25H23ClN4O2/c1-16(2)30(15-23-28-29-24(32-23)20-11-7-8-12-21(20)26)25(31)19-13-14-22(27-17(19)3)18-9-5-4-6-10-18/h4-14,16H,15H2,1-3H3. The van der Waals surface area contributed by atoms with Gasteiger partial charge in [0.15, 0.2) is 0 Å². The van der Waals surface area contributed by atoms with Gasteiger partial charge in [0.2, 0.25) is 11.8 Å². The predicted molar refractivity (Wildman–Crippen MR) is 124 cm³/mol. The third-order valence-corrected chi connectivity index (χ3v) is 5.48. The zero-order chi connectivity index (χ0) is 22.7. The Labute approximate surface area is 191 Å². The second-order valence-corrected chi connectivity index (χ2v) is 8.11. The van der Waals surface area contributed by atoms with Crippen LogP contribution in [0.15, 0.2) is 71.1 Å². The molecule has 0 atom stereocenters. The summed E-state index contributed by atoms with van der Waals surface area (Å²) in [6, 6.07) is 20.8. The van der Waals surface area contributed by atoms with Crippen molar-refractivity contribution in [2.24, 2.45) is 0 Å². The van der Waals surface area contributed by atoms with Crippen molar-refractivity contribution >= 4 is 17.5 Å². The maximum absolute atomic E-state index is 13.4. The van der Waals surface area contributed by atoms with E-state index in [1.807, 2.05) is 81.4 Å². The van der Waals surface area contributed by atoms with E-state index in [4.69, 9.17) is 16.0 Å². The fourth-order valence-corrected chi connectivity index (χ4v) is 3.62. The van der Waals surface area contributed by atoms with Crippen LogP contribution in [-0.4, -0.2) is 32.0 Å². The van der Waals surface area contributed by atoms with Crippen molar-refractivity contribution in [3.05, 3.63) is 88.9 Å². The molecule has 4 aromatic rings. The molecule has 0 aliphatic rings. The zero-order valence-electron chi connectivity index (χ0n) is 18.1. The summed E-state index contributed by atoms with van der Waals surface area (Å²) in [4.78, 5) is 19.7. The van der Waals surface area contributed by atoms with Crippen molar-refractivity contribution in [2.75, 3.05) is 0 Å². The quantitative estimate of drug-likeness (QED) is 0.373. The molecule has 2 heterocycles. The van der Waals surface area contributed by atoms with Crippen molar-refractivity contribution in [3.63, 3.8) is 0 Å². The molecule has 0 saturated heterocycles. The lowest BCUT2D eigenvalue weighted by atomic mass is 10.1. The van der Waals surface area contributed by atoms with Crippen LogP contribution in [0, 0.1) is 6.92 Å². The Morgan fingerprint density at radius 1 is 1.00 bits per heavy atom. The second kappa shape index (κ2) is 9.32. The highest BCUT2D eigenvalue weighted by Crippen LogP contribution is 2.27. The second-order valence-electron chi connectivity index (χ2n) is 7.70. The molecule has 0 aliphatic carbocycles. The normalized spacial score (nSPS) is 11.0. The number of amides is 1. The predicted octanol–water partition coefficient (Wildman–Crippen LogP) is 5.81. The zero-order valence-corrected chi connectivity index (χ0v) is 18.9. The van der Waals surface area contributed by atoms with Gasteiger partial charge in [-0.05, 0) is 45.0 Å². The minimum absolute atomic E-state index is 0.0774. The summed E-state index contributed by atoms with van der Waals surface area (Å²) in [6.45, 7) is 5.93. The summed E-state index contributed by atoms with van der Waals surface area (Å²) in [5, 5.41) is 8.75. The summed E-state index contributed by atoms with van der Waals surface area (Å²) in [5.74, 6) is 0.530. The minimum Gasteiger partial charge on any atom is -0.419 e. The van der Waals surface area contributed by atoms with E-state index in [-0.39, 0.29) is 18.5 Å². The van der Waals surface area contributed by atoms with Gasteiger partial charge in [-0.3, -0.25) is 9.78 Å². The molecule has 6 nitrogen and oxygen atoms in total. The average Bonchev–Trinajstić information content (AvgIpc) is 3.26. The van der Waals surface area contributed by atoms with Gasteiger partial charge in [0.05, 0.1) is 34.1 Å². The Hall–Kier alpha value is -3.51. The van der Waals surface area contributed by atoms with Gasteiger partial charge in [-0.25, -0.2) is 0 Å². The van der Waals surface area contributed by atoms with Gasteiger partial charge >= 0.3 is 0 Å². The van der Waals surface area contributed by atoms with Crippen molar-refractivity contribution in [2.45, 2.75) is 33.4 Å². The number of hydrogen-bond donors (Lipinski definition) is 0. The third kappa shape index (κ3) is 4.55. The summed E-state index contributed by atoms with van der Waals surface area (Å²) in [5.41, 5.74) is 3.71. The van der Waals surface area contributed by atoms with Gasteiger partial charge in [-0.15, -0.1) is 10.2 Å². The Kier molecular flexibility index (Phi) is 6.32. The maximum Gasteiger partial charge on any atom is 0.256 e. The molecule has 1 amide bonds. The summed E-state index contributed by atoms with van der Waals surface area (Å²) >= 11 is 6.23. The van der Waals surface area contributed by atoms with Crippen molar-refractivity contribution in [3.8, 4) is 22.7 Å². The summed E-state index contributed by atoms with van der Waals surface area (Å²) in [7, 11) is 0. The molecular weight excluding hydrogens is 424 g/mol. The number of nitrogens with zero attached hydrogens (tertiary/aromatic N) is 4. The summed E-state index contributed by atoms with van der Waals surface area (Å²) in [6.07, 6.45) is 0. The highest BCUT2D eigenvalue weighted by Gasteiger charge is 2.24. The van der Waals surface area contributed by atoms with Crippen LogP contribution in [0.1, 0.15) is 35.8 Å². The van der Waals surface area contributed by atoms with E-state index in [2.05, 4.69) is 15.2 Å². The first-order valence-corrected chi connectivity index (χ1v) is 10.7. The van der Waals surface area contributed by atoms with Gasteiger partial charge in [0, 0.05) is 11.6 Å². The number of carbonyl (C=O) groups excluding carboxylic acids is 1. The highest BCUT2D eigenvalue weighted by atomic mass is 35.5. The number of pyridine rings is 1. The molecule has 162 valence electrons. The fraction of sp³-hybridized carbons (Fsp3) is 0.200. The van der Waals surface area contributed by atoms with Crippen molar-refractivity contribution in [1.82, 2.24) is 20.1 Å². The lowest BCUT2D eigenvalue weighted by Gasteiger charge is -2.26. The first kappa shape index (κ1) is 21.7. The highest BCUT2D eigenvalue weighted by molar-refractivity contribution is 6.33. The maximum atomic E-state index is 13.4. The topological polar surface area (TPSA) is 72.1 Å². The molecule has 4 rings (SSSR count).